The lowest BCUT2D eigenvalue weighted by Gasteiger charge is -2.32. The van der Waals surface area contributed by atoms with Crippen LogP contribution in [0.2, 0.25) is 0 Å². The van der Waals surface area contributed by atoms with Crippen molar-refractivity contribution in [2.75, 3.05) is 19.7 Å². The molecule has 0 unspecified atom stereocenters. The van der Waals surface area contributed by atoms with Gasteiger partial charge in [-0.15, -0.1) is 0 Å². The summed E-state index contributed by atoms with van der Waals surface area (Å²) in [5, 5.41) is 8.85. The number of carboxylic acids is 1. The second-order valence-electron chi connectivity index (χ2n) is 5.88. The largest absolute Gasteiger partial charge is 0.491 e. The molecule has 1 heterocycles. The molecule has 1 aromatic rings. The van der Waals surface area contributed by atoms with Crippen LogP contribution in [-0.2, 0) is 20.7 Å². The lowest BCUT2D eigenvalue weighted by atomic mass is 10.1. The Morgan fingerprint density at radius 2 is 2.13 bits per heavy atom. The van der Waals surface area contributed by atoms with E-state index < -0.39 is 12.1 Å². The van der Waals surface area contributed by atoms with Crippen LogP contribution in [0.5, 0.6) is 5.75 Å². The number of carbonyl (C=O) groups is 2. The number of rotatable bonds is 6. The highest BCUT2D eigenvalue weighted by Crippen LogP contribution is 2.21. The predicted molar refractivity (Wildman–Crippen MR) is 84.5 cm³/mol. The second-order valence-corrected chi connectivity index (χ2v) is 5.88. The molecule has 0 radical (unpaired) electrons. The Hall–Kier alpha value is -2.08. The zero-order valence-electron chi connectivity index (χ0n) is 13.5. The van der Waals surface area contributed by atoms with Crippen molar-refractivity contribution >= 4 is 11.9 Å². The minimum absolute atomic E-state index is 0.0367. The second kappa shape index (κ2) is 7.97. The van der Waals surface area contributed by atoms with Crippen LogP contribution in [-0.4, -0.2) is 53.8 Å². The lowest BCUT2D eigenvalue weighted by Crippen LogP contribution is -2.46. The molecule has 0 aliphatic carbocycles. The summed E-state index contributed by atoms with van der Waals surface area (Å²) in [7, 11) is 0. The zero-order chi connectivity index (χ0) is 16.8. The van der Waals surface area contributed by atoms with Crippen LogP contribution in [0.15, 0.2) is 24.3 Å². The number of aliphatic carboxylic acids is 1. The Morgan fingerprint density at radius 3 is 2.83 bits per heavy atom. The number of morpholine rings is 1. The van der Waals surface area contributed by atoms with E-state index in [1.807, 2.05) is 38.1 Å². The number of nitrogens with zero attached hydrogens (tertiary/aromatic N) is 1. The van der Waals surface area contributed by atoms with Crippen molar-refractivity contribution in [1.82, 2.24) is 4.90 Å². The van der Waals surface area contributed by atoms with E-state index in [4.69, 9.17) is 14.6 Å². The van der Waals surface area contributed by atoms with E-state index in [0.717, 1.165) is 5.56 Å². The number of hydrogen-bond donors (Lipinski definition) is 1. The van der Waals surface area contributed by atoms with Crippen molar-refractivity contribution in [3.63, 3.8) is 0 Å². The molecule has 1 aromatic carbocycles. The van der Waals surface area contributed by atoms with Crippen LogP contribution in [0.25, 0.3) is 0 Å². The number of amides is 1. The predicted octanol–water partition coefficient (Wildman–Crippen LogP) is 1.72. The van der Waals surface area contributed by atoms with E-state index in [1.54, 1.807) is 4.90 Å². The van der Waals surface area contributed by atoms with E-state index in [0.29, 0.717) is 25.4 Å². The molecular formula is C17H23NO5. The maximum Gasteiger partial charge on any atom is 0.306 e. The fraction of sp³-hybridized carbons (Fsp3) is 0.529. The fourth-order valence-electron chi connectivity index (χ4n) is 2.56. The molecular weight excluding hydrogens is 298 g/mol. The Labute approximate surface area is 136 Å². The maximum atomic E-state index is 12.5. The number of ether oxygens (including phenoxy) is 2. The van der Waals surface area contributed by atoms with Crippen LogP contribution in [0.1, 0.15) is 25.8 Å². The van der Waals surface area contributed by atoms with Gasteiger partial charge < -0.3 is 19.5 Å². The molecule has 6 nitrogen and oxygen atoms in total. The van der Waals surface area contributed by atoms with Crippen LogP contribution in [0.3, 0.4) is 0 Å². The normalized spacial score (nSPS) is 18.0. The van der Waals surface area contributed by atoms with Gasteiger partial charge in [0.2, 0.25) is 5.91 Å². The molecule has 23 heavy (non-hydrogen) atoms. The molecule has 1 atom stereocenters. The molecule has 1 N–H and O–H groups in total. The third-order valence-electron chi connectivity index (χ3n) is 3.57. The minimum Gasteiger partial charge on any atom is -0.491 e. The monoisotopic (exact) mass is 321 g/mol. The highest BCUT2D eigenvalue weighted by molar-refractivity contribution is 5.79. The molecule has 1 aliphatic rings. The third-order valence-corrected chi connectivity index (χ3v) is 3.57. The number of para-hydroxylation sites is 1. The number of carbonyl (C=O) groups excluding carboxylic acids is 1. The highest BCUT2D eigenvalue weighted by Gasteiger charge is 2.26. The zero-order valence-corrected chi connectivity index (χ0v) is 13.5. The molecule has 1 fully saturated rings. The molecule has 0 spiro atoms. The molecule has 0 saturated carbocycles. The Bertz CT molecular complexity index is 558. The van der Waals surface area contributed by atoms with Gasteiger partial charge in [0.1, 0.15) is 5.75 Å². The van der Waals surface area contributed by atoms with Crippen molar-refractivity contribution in [1.29, 1.82) is 0 Å². The molecule has 126 valence electrons. The average molecular weight is 321 g/mol. The van der Waals surface area contributed by atoms with Gasteiger partial charge in [-0.3, -0.25) is 9.59 Å². The molecule has 1 aliphatic heterocycles. The molecule has 2 rings (SSSR count). The SMILES string of the molecule is CC(C)Oc1ccccc1CC(=O)N1CCO[C@@H](CC(=O)O)C1. The summed E-state index contributed by atoms with van der Waals surface area (Å²) in [5.41, 5.74) is 0.840. The average Bonchev–Trinajstić information content (AvgIpc) is 2.48. The minimum atomic E-state index is -0.917. The van der Waals surface area contributed by atoms with Crippen molar-refractivity contribution < 1.29 is 24.2 Å². The van der Waals surface area contributed by atoms with Crippen molar-refractivity contribution in [3.05, 3.63) is 29.8 Å². The Kier molecular flexibility index (Phi) is 5.98. The van der Waals surface area contributed by atoms with Crippen molar-refractivity contribution in [2.24, 2.45) is 0 Å². The summed E-state index contributed by atoms with van der Waals surface area (Å²) < 4.78 is 11.1. The fourth-order valence-corrected chi connectivity index (χ4v) is 2.56. The summed E-state index contributed by atoms with van der Waals surface area (Å²) in [4.78, 5) is 25.0. The van der Waals surface area contributed by atoms with Gasteiger partial charge in [0.25, 0.3) is 0 Å². The molecule has 0 aromatic heterocycles. The van der Waals surface area contributed by atoms with Gasteiger partial charge >= 0.3 is 5.97 Å². The maximum absolute atomic E-state index is 12.5. The van der Waals surface area contributed by atoms with E-state index in [1.165, 1.54) is 0 Å². The standard InChI is InChI=1S/C17H23NO5/c1-12(2)23-15-6-4-3-5-13(15)9-16(19)18-7-8-22-14(11-18)10-17(20)21/h3-6,12,14H,7-11H2,1-2H3,(H,20,21)/t14-/m0/s1. The molecule has 6 heteroatoms. The quantitative estimate of drug-likeness (QED) is 0.863. The summed E-state index contributed by atoms with van der Waals surface area (Å²) in [5.74, 6) is -0.241. The van der Waals surface area contributed by atoms with Gasteiger partial charge in [-0.05, 0) is 19.9 Å². The van der Waals surface area contributed by atoms with Crippen molar-refractivity contribution in [2.45, 2.75) is 38.9 Å². The van der Waals surface area contributed by atoms with Gasteiger partial charge in [0.05, 0.1) is 31.7 Å². The first-order chi connectivity index (χ1) is 11.0. The van der Waals surface area contributed by atoms with E-state index in [-0.39, 0.29) is 24.9 Å². The molecule has 0 bridgehead atoms. The molecule has 1 saturated heterocycles. The van der Waals surface area contributed by atoms with Gasteiger partial charge in [0.15, 0.2) is 0 Å². The Balaban J connectivity index is 2.00. The van der Waals surface area contributed by atoms with Crippen LogP contribution < -0.4 is 4.74 Å². The van der Waals surface area contributed by atoms with Gasteiger partial charge in [-0.2, -0.15) is 0 Å². The smallest absolute Gasteiger partial charge is 0.306 e. The van der Waals surface area contributed by atoms with Gasteiger partial charge in [-0.25, -0.2) is 0 Å². The summed E-state index contributed by atoms with van der Waals surface area (Å²) in [6, 6.07) is 7.49. The van der Waals surface area contributed by atoms with E-state index in [9.17, 15) is 9.59 Å². The Morgan fingerprint density at radius 1 is 1.39 bits per heavy atom. The van der Waals surface area contributed by atoms with E-state index in [2.05, 4.69) is 0 Å². The van der Waals surface area contributed by atoms with Crippen molar-refractivity contribution in [3.8, 4) is 5.75 Å². The number of hydrogen-bond acceptors (Lipinski definition) is 4. The third kappa shape index (κ3) is 5.25. The van der Waals surface area contributed by atoms with Crippen LogP contribution in [0.4, 0.5) is 0 Å². The number of carboxylic acid groups (broad SMARTS) is 1. The van der Waals surface area contributed by atoms with E-state index >= 15 is 0 Å². The topological polar surface area (TPSA) is 76.1 Å². The lowest BCUT2D eigenvalue weighted by molar-refractivity contribution is -0.147. The van der Waals surface area contributed by atoms with Gasteiger partial charge in [-0.1, -0.05) is 18.2 Å². The van der Waals surface area contributed by atoms with Crippen LogP contribution >= 0.6 is 0 Å². The summed E-state index contributed by atoms with van der Waals surface area (Å²) >= 11 is 0. The number of benzene rings is 1. The first-order valence-electron chi connectivity index (χ1n) is 7.81. The first-order valence-corrected chi connectivity index (χ1v) is 7.81. The summed E-state index contributed by atoms with van der Waals surface area (Å²) in [6.45, 7) is 5.06. The highest BCUT2D eigenvalue weighted by atomic mass is 16.5. The van der Waals surface area contributed by atoms with Crippen LogP contribution in [0, 0.1) is 0 Å². The summed E-state index contributed by atoms with van der Waals surface area (Å²) in [6.07, 6.45) is -0.249. The van der Waals surface area contributed by atoms with Gasteiger partial charge in [0, 0.05) is 18.7 Å². The first kappa shape index (κ1) is 17.3. The molecule has 1 amide bonds.